The molecule has 0 fully saturated rings. The molecule has 0 unspecified atom stereocenters. The predicted molar refractivity (Wildman–Crippen MR) is 56.5 cm³/mol. The second-order valence-electron chi connectivity index (χ2n) is 3.41. The lowest BCUT2D eigenvalue weighted by Gasteiger charge is -2.14. The molecule has 1 rings (SSSR count). The third kappa shape index (κ3) is 3.99. The zero-order valence-corrected chi connectivity index (χ0v) is 8.93. The van der Waals surface area contributed by atoms with Gasteiger partial charge in [0.15, 0.2) is 0 Å². The van der Waals surface area contributed by atoms with Crippen molar-refractivity contribution in [3.8, 4) is 5.75 Å². The van der Waals surface area contributed by atoms with Gasteiger partial charge in [-0.1, -0.05) is 12.1 Å². The van der Waals surface area contributed by atoms with Gasteiger partial charge in [-0.2, -0.15) is 0 Å². The summed E-state index contributed by atoms with van der Waals surface area (Å²) in [5, 5.41) is 9.09. The Morgan fingerprint density at radius 1 is 1.40 bits per heavy atom. The van der Waals surface area contributed by atoms with Crippen molar-refractivity contribution in [2.45, 2.75) is 6.54 Å². The molecule has 0 aliphatic carbocycles. The Morgan fingerprint density at radius 2 is 2.00 bits per heavy atom. The Hall–Kier alpha value is -1.55. The van der Waals surface area contributed by atoms with Gasteiger partial charge in [-0.15, -0.1) is 0 Å². The number of nitrogens with zero attached hydrogens (tertiary/aromatic N) is 1. The van der Waals surface area contributed by atoms with Crippen LogP contribution in [0.3, 0.4) is 0 Å². The van der Waals surface area contributed by atoms with Gasteiger partial charge in [0.05, 0.1) is 13.7 Å². The van der Waals surface area contributed by atoms with E-state index in [1.165, 1.54) is 7.11 Å². The zero-order chi connectivity index (χ0) is 11.3. The average Bonchev–Trinajstić information content (AvgIpc) is 2.21. The molecule has 1 N–H and O–H groups in total. The highest BCUT2D eigenvalue weighted by molar-refractivity contribution is 5.71. The average molecular weight is 209 g/mol. The summed E-state index contributed by atoms with van der Waals surface area (Å²) in [5.74, 6) is -0.00866. The number of methoxy groups -OCH3 is 1. The Kier molecular flexibility index (Phi) is 4.12. The molecule has 0 spiro atoms. The first-order valence-electron chi connectivity index (χ1n) is 4.65. The summed E-state index contributed by atoms with van der Waals surface area (Å²) in [7, 11) is 3.21. The molecule has 0 amide bonds. The number of carbonyl (C=O) groups is 1. The summed E-state index contributed by atoms with van der Waals surface area (Å²) >= 11 is 0. The fourth-order valence-corrected chi connectivity index (χ4v) is 1.25. The van der Waals surface area contributed by atoms with E-state index in [1.54, 1.807) is 12.1 Å². The van der Waals surface area contributed by atoms with Gasteiger partial charge < -0.3 is 9.84 Å². The molecule has 0 radical (unpaired) electrons. The van der Waals surface area contributed by atoms with Crippen molar-refractivity contribution in [1.82, 2.24) is 4.90 Å². The molecule has 0 bridgehead atoms. The van der Waals surface area contributed by atoms with Crippen molar-refractivity contribution < 1.29 is 14.6 Å². The van der Waals surface area contributed by atoms with Crippen LogP contribution in [-0.4, -0.2) is 36.7 Å². The summed E-state index contributed by atoms with van der Waals surface area (Å²) in [6.45, 7) is 0.909. The van der Waals surface area contributed by atoms with Crippen molar-refractivity contribution in [2.24, 2.45) is 0 Å². The van der Waals surface area contributed by atoms with Crippen LogP contribution in [0.4, 0.5) is 0 Å². The topological polar surface area (TPSA) is 49.8 Å². The maximum atomic E-state index is 11.0. The third-order valence-corrected chi connectivity index (χ3v) is 2.02. The predicted octanol–water partition coefficient (Wildman–Crippen LogP) is 0.997. The Morgan fingerprint density at radius 3 is 2.53 bits per heavy atom. The molecule has 0 saturated heterocycles. The molecule has 0 aliphatic heterocycles. The number of benzene rings is 1. The summed E-state index contributed by atoms with van der Waals surface area (Å²) < 4.78 is 4.56. The molecule has 0 heterocycles. The van der Waals surface area contributed by atoms with Gasteiger partial charge in [0.25, 0.3) is 0 Å². The van der Waals surface area contributed by atoms with Crippen LogP contribution in [0.25, 0.3) is 0 Å². The number of rotatable bonds is 4. The van der Waals surface area contributed by atoms with E-state index in [2.05, 4.69) is 4.74 Å². The van der Waals surface area contributed by atoms with Gasteiger partial charge in [-0.25, -0.2) is 0 Å². The van der Waals surface area contributed by atoms with E-state index in [1.807, 2.05) is 24.1 Å². The van der Waals surface area contributed by atoms with Crippen molar-refractivity contribution in [1.29, 1.82) is 0 Å². The van der Waals surface area contributed by atoms with E-state index in [4.69, 9.17) is 5.11 Å². The number of hydrogen-bond acceptors (Lipinski definition) is 4. The minimum absolute atomic E-state index is 0.245. The number of ether oxygens (including phenoxy) is 1. The summed E-state index contributed by atoms with van der Waals surface area (Å²) in [6, 6.07) is 6.90. The number of aromatic hydroxyl groups is 1. The molecule has 0 aromatic heterocycles. The van der Waals surface area contributed by atoms with Crippen molar-refractivity contribution in [2.75, 3.05) is 20.7 Å². The SMILES string of the molecule is COC(=O)CN(C)Cc1ccc(O)cc1. The molecule has 0 aliphatic rings. The maximum absolute atomic E-state index is 11.0. The van der Waals surface area contributed by atoms with Gasteiger partial charge in [-0.05, 0) is 24.7 Å². The van der Waals surface area contributed by atoms with E-state index in [-0.39, 0.29) is 18.3 Å². The highest BCUT2D eigenvalue weighted by Gasteiger charge is 2.06. The van der Waals surface area contributed by atoms with Gasteiger partial charge in [0.1, 0.15) is 5.75 Å². The van der Waals surface area contributed by atoms with Gasteiger partial charge in [-0.3, -0.25) is 9.69 Å². The number of hydrogen-bond donors (Lipinski definition) is 1. The Balaban J connectivity index is 2.47. The molecule has 4 nitrogen and oxygen atoms in total. The fraction of sp³-hybridized carbons (Fsp3) is 0.364. The van der Waals surface area contributed by atoms with Crippen molar-refractivity contribution in [3.05, 3.63) is 29.8 Å². The summed E-state index contributed by atoms with van der Waals surface area (Å²) in [6.07, 6.45) is 0. The minimum atomic E-state index is -0.253. The van der Waals surface area contributed by atoms with Crippen LogP contribution in [0.5, 0.6) is 5.75 Å². The number of phenolic OH excluding ortho intramolecular Hbond substituents is 1. The third-order valence-electron chi connectivity index (χ3n) is 2.02. The standard InChI is InChI=1S/C11H15NO3/c1-12(8-11(14)15-2)7-9-3-5-10(13)6-4-9/h3-6,13H,7-8H2,1-2H3. The van der Waals surface area contributed by atoms with Crippen LogP contribution in [-0.2, 0) is 16.1 Å². The quantitative estimate of drug-likeness (QED) is 0.751. The van der Waals surface area contributed by atoms with E-state index in [0.29, 0.717) is 6.54 Å². The first-order chi connectivity index (χ1) is 7.11. The van der Waals surface area contributed by atoms with Gasteiger partial charge in [0.2, 0.25) is 0 Å². The molecule has 4 heteroatoms. The van der Waals surface area contributed by atoms with Gasteiger partial charge >= 0.3 is 5.97 Å². The second kappa shape index (κ2) is 5.36. The molecule has 82 valence electrons. The van der Waals surface area contributed by atoms with Gasteiger partial charge in [0, 0.05) is 6.54 Å². The molecule has 0 atom stereocenters. The maximum Gasteiger partial charge on any atom is 0.319 e. The summed E-state index contributed by atoms with van der Waals surface area (Å²) in [4.78, 5) is 12.8. The van der Waals surface area contributed by atoms with E-state index in [0.717, 1.165) is 5.56 Å². The van der Waals surface area contributed by atoms with E-state index < -0.39 is 0 Å². The smallest absolute Gasteiger partial charge is 0.319 e. The van der Waals surface area contributed by atoms with Crippen LogP contribution >= 0.6 is 0 Å². The molecular formula is C11H15NO3. The fourth-order valence-electron chi connectivity index (χ4n) is 1.25. The monoisotopic (exact) mass is 209 g/mol. The lowest BCUT2D eigenvalue weighted by atomic mass is 10.2. The largest absolute Gasteiger partial charge is 0.508 e. The molecule has 15 heavy (non-hydrogen) atoms. The lowest BCUT2D eigenvalue weighted by Crippen LogP contribution is -2.26. The van der Waals surface area contributed by atoms with Crippen molar-refractivity contribution >= 4 is 5.97 Å². The molecule has 1 aromatic rings. The van der Waals surface area contributed by atoms with Crippen LogP contribution in [0, 0.1) is 0 Å². The number of esters is 1. The Labute approximate surface area is 89.1 Å². The molecular weight excluding hydrogens is 194 g/mol. The summed E-state index contributed by atoms with van der Waals surface area (Å²) in [5.41, 5.74) is 1.04. The second-order valence-corrected chi connectivity index (χ2v) is 3.41. The molecule has 0 saturated carbocycles. The van der Waals surface area contributed by atoms with Crippen molar-refractivity contribution in [3.63, 3.8) is 0 Å². The van der Waals surface area contributed by atoms with E-state index >= 15 is 0 Å². The minimum Gasteiger partial charge on any atom is -0.508 e. The molecule has 1 aromatic carbocycles. The highest BCUT2D eigenvalue weighted by Crippen LogP contribution is 2.10. The highest BCUT2D eigenvalue weighted by atomic mass is 16.5. The van der Waals surface area contributed by atoms with Crippen LogP contribution < -0.4 is 0 Å². The number of phenols is 1. The lowest BCUT2D eigenvalue weighted by molar-refractivity contribution is -0.141. The van der Waals surface area contributed by atoms with Crippen LogP contribution in [0.2, 0.25) is 0 Å². The van der Waals surface area contributed by atoms with Crippen LogP contribution in [0.15, 0.2) is 24.3 Å². The van der Waals surface area contributed by atoms with Crippen LogP contribution in [0.1, 0.15) is 5.56 Å². The Bertz CT molecular complexity index is 321. The number of carbonyl (C=O) groups excluding carboxylic acids is 1. The first kappa shape index (κ1) is 11.5. The number of likely N-dealkylation sites (N-methyl/N-ethyl adjacent to an activating group) is 1. The van der Waals surface area contributed by atoms with E-state index in [9.17, 15) is 4.79 Å². The first-order valence-corrected chi connectivity index (χ1v) is 4.65. The zero-order valence-electron chi connectivity index (χ0n) is 8.93. The normalized spacial score (nSPS) is 10.3.